The zero-order chi connectivity index (χ0) is 19.9. The quantitative estimate of drug-likeness (QED) is 0.585. The normalized spacial score (nSPS) is 12.9. The summed E-state index contributed by atoms with van der Waals surface area (Å²) in [5.74, 6) is 0.924. The van der Waals surface area contributed by atoms with Gasteiger partial charge < -0.3 is 19.5 Å². The van der Waals surface area contributed by atoms with Gasteiger partial charge in [0.25, 0.3) is 11.8 Å². The molecule has 0 aromatic heterocycles. The van der Waals surface area contributed by atoms with E-state index in [2.05, 4.69) is 15.8 Å². The number of hydrogen-bond donors (Lipinski definition) is 2. The van der Waals surface area contributed by atoms with Crippen molar-refractivity contribution < 1.29 is 23.8 Å². The summed E-state index contributed by atoms with van der Waals surface area (Å²) < 4.78 is 16.2. The highest BCUT2D eigenvalue weighted by Crippen LogP contribution is 2.30. The van der Waals surface area contributed by atoms with Crippen molar-refractivity contribution in [2.45, 2.75) is 6.92 Å². The van der Waals surface area contributed by atoms with Gasteiger partial charge in [-0.15, -0.1) is 0 Å². The summed E-state index contributed by atoms with van der Waals surface area (Å²) in [6.07, 6.45) is 0. The van der Waals surface area contributed by atoms with Crippen LogP contribution in [0.15, 0.2) is 47.6 Å². The molecule has 0 saturated heterocycles. The van der Waals surface area contributed by atoms with Crippen LogP contribution in [0, 0.1) is 0 Å². The van der Waals surface area contributed by atoms with Crippen LogP contribution in [-0.2, 0) is 4.79 Å². The second-order valence-electron chi connectivity index (χ2n) is 5.97. The molecular formula is C20H21N3O5. The number of benzene rings is 2. The third-order valence-corrected chi connectivity index (χ3v) is 4.07. The first-order chi connectivity index (χ1) is 13.6. The molecule has 8 heteroatoms. The number of carbonyl (C=O) groups is 2. The Balaban J connectivity index is 1.55. The number of nitrogens with zero attached hydrogens (tertiary/aromatic N) is 1. The van der Waals surface area contributed by atoms with Gasteiger partial charge in [-0.3, -0.25) is 9.59 Å². The maximum Gasteiger partial charge on any atom is 0.259 e. The van der Waals surface area contributed by atoms with Crippen LogP contribution >= 0.6 is 0 Å². The van der Waals surface area contributed by atoms with Crippen LogP contribution in [0.2, 0.25) is 0 Å². The van der Waals surface area contributed by atoms with E-state index in [1.54, 1.807) is 37.3 Å². The van der Waals surface area contributed by atoms with Crippen molar-refractivity contribution in [3.05, 3.63) is 53.6 Å². The molecule has 0 spiro atoms. The summed E-state index contributed by atoms with van der Waals surface area (Å²) >= 11 is 0. The average Bonchev–Trinajstić information content (AvgIpc) is 2.75. The first kappa shape index (κ1) is 19.2. The SMILES string of the molecule is COc1ccccc1C(=O)NCC(=O)N/N=C(/C)c1ccc2c(c1)OCCO2. The van der Waals surface area contributed by atoms with E-state index in [0.29, 0.717) is 41.7 Å². The molecule has 2 aromatic rings. The molecular weight excluding hydrogens is 362 g/mol. The van der Waals surface area contributed by atoms with Gasteiger partial charge in [0.1, 0.15) is 19.0 Å². The fourth-order valence-corrected chi connectivity index (χ4v) is 2.61. The van der Waals surface area contributed by atoms with Gasteiger partial charge >= 0.3 is 0 Å². The minimum atomic E-state index is -0.444. The van der Waals surface area contributed by atoms with Gasteiger partial charge in [0.2, 0.25) is 0 Å². The highest BCUT2D eigenvalue weighted by atomic mass is 16.6. The molecule has 0 aliphatic carbocycles. The number of ether oxygens (including phenoxy) is 3. The van der Waals surface area contributed by atoms with Crippen molar-refractivity contribution in [2.24, 2.45) is 5.10 Å². The molecule has 0 atom stereocenters. The fraction of sp³-hybridized carbons (Fsp3) is 0.250. The lowest BCUT2D eigenvalue weighted by molar-refractivity contribution is -0.120. The van der Waals surface area contributed by atoms with Crippen LogP contribution in [0.5, 0.6) is 17.2 Å². The van der Waals surface area contributed by atoms with Crippen molar-refractivity contribution in [2.75, 3.05) is 26.9 Å². The van der Waals surface area contributed by atoms with Gasteiger partial charge in [-0.2, -0.15) is 5.10 Å². The number of hydrogen-bond acceptors (Lipinski definition) is 6. The van der Waals surface area contributed by atoms with Gasteiger partial charge in [0.15, 0.2) is 11.5 Å². The summed E-state index contributed by atoms with van der Waals surface area (Å²) in [4.78, 5) is 24.2. The van der Waals surface area contributed by atoms with Crippen molar-refractivity contribution in [3.63, 3.8) is 0 Å². The molecule has 0 unspecified atom stereocenters. The second kappa shape index (κ2) is 8.90. The predicted molar refractivity (Wildman–Crippen MR) is 103 cm³/mol. The number of amides is 2. The van der Waals surface area contributed by atoms with E-state index in [0.717, 1.165) is 5.56 Å². The molecule has 0 saturated carbocycles. The van der Waals surface area contributed by atoms with Crippen molar-refractivity contribution >= 4 is 17.5 Å². The molecule has 28 heavy (non-hydrogen) atoms. The predicted octanol–water partition coefficient (Wildman–Crippen LogP) is 1.74. The van der Waals surface area contributed by atoms with Crippen LogP contribution in [0.1, 0.15) is 22.8 Å². The first-order valence-electron chi connectivity index (χ1n) is 8.73. The van der Waals surface area contributed by atoms with E-state index in [1.165, 1.54) is 7.11 Å². The standard InChI is InChI=1S/C20H21N3O5/c1-13(14-7-8-17-18(11-14)28-10-9-27-17)22-23-19(24)12-21-20(25)15-5-3-4-6-16(15)26-2/h3-8,11H,9-10,12H2,1-2H3,(H,21,25)(H,23,24)/b22-13-. The van der Waals surface area contributed by atoms with E-state index in [1.807, 2.05) is 12.1 Å². The smallest absolute Gasteiger partial charge is 0.259 e. The lowest BCUT2D eigenvalue weighted by Gasteiger charge is -2.18. The molecule has 0 bridgehead atoms. The molecule has 2 amide bonds. The number of methoxy groups -OCH3 is 1. The summed E-state index contributed by atoms with van der Waals surface area (Å²) in [6.45, 7) is 2.57. The Hall–Kier alpha value is -3.55. The van der Waals surface area contributed by atoms with Crippen LogP contribution in [-0.4, -0.2) is 44.4 Å². The molecule has 2 aromatic carbocycles. The van der Waals surface area contributed by atoms with Crippen molar-refractivity contribution in [3.8, 4) is 17.2 Å². The van der Waals surface area contributed by atoms with Gasteiger partial charge in [0, 0.05) is 5.56 Å². The Morgan fingerprint density at radius 2 is 1.86 bits per heavy atom. The van der Waals surface area contributed by atoms with Gasteiger partial charge in [0.05, 0.1) is 24.9 Å². The largest absolute Gasteiger partial charge is 0.496 e. The summed E-state index contributed by atoms with van der Waals surface area (Å²) in [6, 6.07) is 12.2. The number of para-hydroxylation sites is 1. The highest BCUT2D eigenvalue weighted by Gasteiger charge is 2.14. The topological polar surface area (TPSA) is 98.2 Å². The first-order valence-corrected chi connectivity index (χ1v) is 8.73. The summed E-state index contributed by atoms with van der Waals surface area (Å²) in [5, 5.41) is 6.61. The lowest BCUT2D eigenvalue weighted by Crippen LogP contribution is -2.35. The minimum absolute atomic E-state index is 0.213. The maximum absolute atomic E-state index is 12.2. The van der Waals surface area contributed by atoms with E-state index in [-0.39, 0.29) is 6.54 Å². The van der Waals surface area contributed by atoms with Crippen molar-refractivity contribution in [1.29, 1.82) is 0 Å². The second-order valence-corrected chi connectivity index (χ2v) is 5.97. The fourth-order valence-electron chi connectivity index (χ4n) is 2.61. The number of rotatable bonds is 6. The minimum Gasteiger partial charge on any atom is -0.496 e. The number of hydrazone groups is 1. The Kier molecular flexibility index (Phi) is 6.11. The zero-order valence-corrected chi connectivity index (χ0v) is 15.7. The molecule has 3 rings (SSSR count). The van der Waals surface area contributed by atoms with Crippen LogP contribution < -0.4 is 25.0 Å². The third-order valence-electron chi connectivity index (χ3n) is 4.07. The number of carbonyl (C=O) groups excluding carboxylic acids is 2. The molecule has 2 N–H and O–H groups in total. The number of fused-ring (bicyclic) bond motifs is 1. The van der Waals surface area contributed by atoms with Gasteiger partial charge in [-0.1, -0.05) is 12.1 Å². The van der Waals surface area contributed by atoms with Crippen LogP contribution in [0.4, 0.5) is 0 Å². The van der Waals surface area contributed by atoms with Gasteiger partial charge in [-0.05, 0) is 37.3 Å². The van der Waals surface area contributed by atoms with E-state index in [9.17, 15) is 9.59 Å². The Morgan fingerprint density at radius 3 is 2.64 bits per heavy atom. The molecule has 146 valence electrons. The van der Waals surface area contributed by atoms with Crippen LogP contribution in [0.25, 0.3) is 0 Å². The molecule has 0 fully saturated rings. The molecule has 0 radical (unpaired) electrons. The molecule has 1 aliphatic heterocycles. The Bertz CT molecular complexity index is 910. The average molecular weight is 383 g/mol. The molecule has 8 nitrogen and oxygen atoms in total. The van der Waals surface area contributed by atoms with Crippen molar-refractivity contribution in [1.82, 2.24) is 10.7 Å². The maximum atomic E-state index is 12.2. The monoisotopic (exact) mass is 383 g/mol. The lowest BCUT2D eigenvalue weighted by atomic mass is 10.1. The summed E-state index contributed by atoms with van der Waals surface area (Å²) in [5.41, 5.74) is 4.18. The van der Waals surface area contributed by atoms with Gasteiger partial charge in [-0.25, -0.2) is 5.43 Å². The Morgan fingerprint density at radius 1 is 1.11 bits per heavy atom. The highest BCUT2D eigenvalue weighted by molar-refractivity contribution is 6.01. The number of nitrogens with one attached hydrogen (secondary N) is 2. The molecule has 1 aliphatic rings. The zero-order valence-electron chi connectivity index (χ0n) is 15.7. The van der Waals surface area contributed by atoms with E-state index < -0.39 is 11.8 Å². The van der Waals surface area contributed by atoms with E-state index in [4.69, 9.17) is 14.2 Å². The van der Waals surface area contributed by atoms with Crippen LogP contribution in [0.3, 0.4) is 0 Å². The molecule has 1 heterocycles. The van der Waals surface area contributed by atoms with E-state index >= 15 is 0 Å². The third kappa shape index (κ3) is 4.59. The summed E-state index contributed by atoms with van der Waals surface area (Å²) in [7, 11) is 1.48. The Labute approximate surface area is 162 Å².